The molecule has 0 aliphatic carbocycles. The van der Waals surface area contributed by atoms with Crippen LogP contribution in [0, 0.1) is 0 Å². The lowest BCUT2D eigenvalue weighted by atomic mass is 9.90. The first-order chi connectivity index (χ1) is 9.21. The molecule has 2 aliphatic rings. The molecule has 1 atom stereocenters. The van der Waals surface area contributed by atoms with E-state index in [9.17, 15) is 4.79 Å². The van der Waals surface area contributed by atoms with Gasteiger partial charge in [-0.2, -0.15) is 0 Å². The maximum Gasteiger partial charge on any atom is 0.415 e. The molecule has 1 amide bonds. The average molecular weight is 281 g/mol. The van der Waals surface area contributed by atoms with Gasteiger partial charge in [-0.05, 0) is 56.6 Å². The first-order valence-corrected chi connectivity index (χ1v) is 7.02. The van der Waals surface area contributed by atoms with Crippen molar-refractivity contribution in [2.45, 2.75) is 24.8 Å². The average Bonchev–Trinajstić information content (AvgIpc) is 2.60. The Balaban J connectivity index is 1.95. The Kier molecular flexibility index (Phi) is 3.37. The second-order valence-corrected chi connectivity index (χ2v) is 5.63. The van der Waals surface area contributed by atoms with E-state index in [0.29, 0.717) is 11.6 Å². The SMILES string of the molecule is O=C1OCC2(CCCNCC2)N1c1ccc(Cl)cc1. The number of nitrogens with one attached hydrogen (secondary N) is 1. The lowest BCUT2D eigenvalue weighted by Gasteiger charge is -2.34. The molecule has 0 radical (unpaired) electrons. The highest BCUT2D eigenvalue weighted by Gasteiger charge is 2.47. The second kappa shape index (κ2) is 5.02. The van der Waals surface area contributed by atoms with E-state index in [4.69, 9.17) is 16.3 Å². The zero-order chi connectivity index (χ0) is 13.3. The van der Waals surface area contributed by atoms with Crippen LogP contribution in [0.4, 0.5) is 10.5 Å². The molecule has 0 aromatic heterocycles. The van der Waals surface area contributed by atoms with Crippen LogP contribution in [0.1, 0.15) is 19.3 Å². The van der Waals surface area contributed by atoms with Crippen molar-refractivity contribution in [2.75, 3.05) is 24.6 Å². The summed E-state index contributed by atoms with van der Waals surface area (Å²) in [7, 11) is 0. The van der Waals surface area contributed by atoms with Gasteiger partial charge in [0.25, 0.3) is 0 Å². The van der Waals surface area contributed by atoms with Gasteiger partial charge in [0, 0.05) is 10.7 Å². The summed E-state index contributed by atoms with van der Waals surface area (Å²) in [5.41, 5.74) is 0.669. The molecule has 19 heavy (non-hydrogen) atoms. The normalized spacial score (nSPS) is 27.4. The second-order valence-electron chi connectivity index (χ2n) is 5.19. The van der Waals surface area contributed by atoms with Gasteiger partial charge in [-0.1, -0.05) is 11.6 Å². The minimum atomic E-state index is -0.246. The van der Waals surface area contributed by atoms with Gasteiger partial charge in [0.1, 0.15) is 6.61 Å². The lowest BCUT2D eigenvalue weighted by Crippen LogP contribution is -2.48. The zero-order valence-corrected chi connectivity index (χ0v) is 11.4. The van der Waals surface area contributed by atoms with Crippen molar-refractivity contribution in [3.8, 4) is 0 Å². The van der Waals surface area contributed by atoms with Crippen LogP contribution >= 0.6 is 11.6 Å². The third-order valence-corrected chi connectivity index (χ3v) is 4.22. The molecule has 5 heteroatoms. The summed E-state index contributed by atoms with van der Waals surface area (Å²) in [5, 5.41) is 4.05. The van der Waals surface area contributed by atoms with E-state index in [1.807, 2.05) is 29.2 Å². The van der Waals surface area contributed by atoms with E-state index in [1.165, 1.54) is 0 Å². The molecule has 1 N–H and O–H groups in total. The van der Waals surface area contributed by atoms with E-state index in [2.05, 4.69) is 5.32 Å². The smallest absolute Gasteiger partial charge is 0.415 e. The monoisotopic (exact) mass is 280 g/mol. The van der Waals surface area contributed by atoms with Gasteiger partial charge in [0.05, 0.1) is 5.54 Å². The fourth-order valence-corrected chi connectivity index (χ4v) is 3.10. The summed E-state index contributed by atoms with van der Waals surface area (Å²) >= 11 is 5.91. The maximum absolute atomic E-state index is 12.1. The van der Waals surface area contributed by atoms with Gasteiger partial charge >= 0.3 is 6.09 Å². The molecular weight excluding hydrogens is 264 g/mol. The Morgan fingerprint density at radius 1 is 1.21 bits per heavy atom. The van der Waals surface area contributed by atoms with Gasteiger partial charge in [0.2, 0.25) is 0 Å². The number of amides is 1. The van der Waals surface area contributed by atoms with E-state index < -0.39 is 0 Å². The number of benzene rings is 1. The number of ether oxygens (including phenoxy) is 1. The summed E-state index contributed by atoms with van der Waals surface area (Å²) in [6.07, 6.45) is 2.69. The van der Waals surface area contributed by atoms with Crippen LogP contribution in [0.15, 0.2) is 24.3 Å². The van der Waals surface area contributed by atoms with Gasteiger partial charge in [-0.25, -0.2) is 4.79 Å². The fraction of sp³-hybridized carbons (Fsp3) is 0.500. The largest absolute Gasteiger partial charge is 0.447 e. The molecule has 1 spiro atoms. The molecular formula is C14H17ClN2O2. The van der Waals surface area contributed by atoms with Crippen molar-refractivity contribution in [1.82, 2.24) is 5.32 Å². The molecule has 3 rings (SSSR count). The first kappa shape index (κ1) is 12.8. The van der Waals surface area contributed by atoms with Crippen molar-refractivity contribution in [2.24, 2.45) is 0 Å². The number of cyclic esters (lactones) is 1. The van der Waals surface area contributed by atoms with Crippen molar-refractivity contribution >= 4 is 23.4 Å². The lowest BCUT2D eigenvalue weighted by molar-refractivity contribution is 0.170. The Morgan fingerprint density at radius 3 is 2.79 bits per heavy atom. The Bertz CT molecular complexity index is 467. The molecule has 4 nitrogen and oxygen atoms in total. The third-order valence-electron chi connectivity index (χ3n) is 3.97. The number of nitrogens with zero attached hydrogens (tertiary/aromatic N) is 1. The van der Waals surface area contributed by atoms with Crippen LogP contribution in [-0.2, 0) is 4.74 Å². The molecule has 1 unspecified atom stereocenters. The summed E-state index contributed by atoms with van der Waals surface area (Å²) in [5.74, 6) is 0. The van der Waals surface area contributed by atoms with Gasteiger partial charge in [0.15, 0.2) is 0 Å². The van der Waals surface area contributed by atoms with Crippen LogP contribution < -0.4 is 10.2 Å². The van der Waals surface area contributed by atoms with Crippen LogP contribution in [0.25, 0.3) is 0 Å². The van der Waals surface area contributed by atoms with Gasteiger partial charge in [-0.3, -0.25) is 4.90 Å². The van der Waals surface area contributed by atoms with Crippen LogP contribution in [0.3, 0.4) is 0 Å². The van der Waals surface area contributed by atoms with E-state index >= 15 is 0 Å². The van der Waals surface area contributed by atoms with E-state index in [-0.39, 0.29) is 11.6 Å². The van der Waals surface area contributed by atoms with Crippen molar-refractivity contribution in [3.05, 3.63) is 29.3 Å². The summed E-state index contributed by atoms with van der Waals surface area (Å²) < 4.78 is 5.33. The molecule has 2 fully saturated rings. The Morgan fingerprint density at radius 2 is 2.00 bits per heavy atom. The van der Waals surface area contributed by atoms with Gasteiger partial charge < -0.3 is 10.1 Å². The maximum atomic E-state index is 12.1. The molecule has 2 aliphatic heterocycles. The molecule has 102 valence electrons. The van der Waals surface area contributed by atoms with Crippen molar-refractivity contribution in [1.29, 1.82) is 0 Å². The number of halogens is 1. The zero-order valence-electron chi connectivity index (χ0n) is 10.7. The highest BCUT2D eigenvalue weighted by atomic mass is 35.5. The van der Waals surface area contributed by atoms with E-state index in [1.54, 1.807) is 0 Å². The van der Waals surface area contributed by atoms with E-state index in [0.717, 1.165) is 38.0 Å². The Labute approximate surface area is 117 Å². The highest BCUT2D eigenvalue weighted by Crippen LogP contribution is 2.37. The van der Waals surface area contributed by atoms with Crippen molar-refractivity contribution in [3.63, 3.8) is 0 Å². The number of hydrogen-bond acceptors (Lipinski definition) is 3. The van der Waals surface area contributed by atoms with Crippen molar-refractivity contribution < 1.29 is 9.53 Å². The minimum Gasteiger partial charge on any atom is -0.447 e. The molecule has 2 heterocycles. The van der Waals surface area contributed by atoms with Gasteiger partial charge in [-0.15, -0.1) is 0 Å². The molecule has 1 aromatic carbocycles. The minimum absolute atomic E-state index is 0.200. The van der Waals surface area contributed by atoms with Crippen LogP contribution in [0.2, 0.25) is 5.02 Å². The molecule has 1 aromatic rings. The fourth-order valence-electron chi connectivity index (χ4n) is 2.97. The predicted octanol–water partition coefficient (Wildman–Crippen LogP) is 2.81. The molecule has 0 bridgehead atoms. The topological polar surface area (TPSA) is 41.6 Å². The summed E-state index contributed by atoms with van der Waals surface area (Å²) in [4.78, 5) is 13.9. The predicted molar refractivity (Wildman–Crippen MR) is 74.7 cm³/mol. The first-order valence-electron chi connectivity index (χ1n) is 6.65. The quantitative estimate of drug-likeness (QED) is 0.860. The number of carbonyl (C=O) groups is 1. The molecule has 0 saturated carbocycles. The number of rotatable bonds is 1. The van der Waals surface area contributed by atoms with Crippen LogP contribution in [-0.4, -0.2) is 31.3 Å². The number of anilines is 1. The summed E-state index contributed by atoms with van der Waals surface area (Å²) in [6, 6.07) is 7.39. The number of carbonyl (C=O) groups excluding carboxylic acids is 1. The van der Waals surface area contributed by atoms with Crippen LogP contribution in [0.5, 0.6) is 0 Å². The third kappa shape index (κ3) is 2.30. The standard InChI is InChI=1S/C14H17ClN2O2/c15-11-2-4-12(5-3-11)17-13(18)19-10-14(17)6-1-8-16-9-7-14/h2-5,16H,1,6-10H2. The Hall–Kier alpha value is -1.26. The highest BCUT2D eigenvalue weighted by molar-refractivity contribution is 6.30. The number of hydrogen-bond donors (Lipinski definition) is 1. The molecule has 2 saturated heterocycles. The summed E-state index contributed by atoms with van der Waals surface area (Å²) in [6.45, 7) is 2.40.